The van der Waals surface area contributed by atoms with Gasteiger partial charge in [0.25, 0.3) is 0 Å². The number of ketones is 1. The first-order valence-corrected chi connectivity index (χ1v) is 6.62. The van der Waals surface area contributed by atoms with Crippen molar-refractivity contribution in [1.29, 1.82) is 0 Å². The molecule has 0 aliphatic heterocycles. The molecular weight excluding hydrogens is 279 g/mol. The van der Waals surface area contributed by atoms with Crippen LogP contribution in [0.1, 0.15) is 12.5 Å². The molecular formula is C11H12BrFOS. The number of benzene rings is 1. The zero-order chi connectivity index (χ0) is 11.3. The molecule has 0 spiro atoms. The summed E-state index contributed by atoms with van der Waals surface area (Å²) in [5, 5.41) is 0. The topological polar surface area (TPSA) is 17.1 Å². The molecule has 0 aromatic heterocycles. The first kappa shape index (κ1) is 12.7. The molecule has 15 heavy (non-hydrogen) atoms. The number of thioether (sulfide) groups is 1. The maximum absolute atomic E-state index is 13.1. The van der Waals surface area contributed by atoms with Crippen molar-refractivity contribution < 1.29 is 9.18 Å². The molecule has 0 N–H and O–H groups in total. The van der Waals surface area contributed by atoms with Crippen LogP contribution < -0.4 is 0 Å². The quantitative estimate of drug-likeness (QED) is 0.826. The van der Waals surface area contributed by atoms with Gasteiger partial charge in [-0.1, -0.05) is 19.1 Å². The molecule has 0 saturated heterocycles. The normalized spacial score (nSPS) is 10.3. The van der Waals surface area contributed by atoms with Crippen molar-refractivity contribution in [2.45, 2.75) is 13.3 Å². The van der Waals surface area contributed by atoms with Crippen molar-refractivity contribution >= 4 is 33.5 Å². The van der Waals surface area contributed by atoms with Gasteiger partial charge in [0.05, 0.1) is 10.2 Å². The lowest BCUT2D eigenvalue weighted by Crippen LogP contribution is -2.06. The predicted molar refractivity (Wildman–Crippen MR) is 65.8 cm³/mol. The summed E-state index contributed by atoms with van der Waals surface area (Å²) < 4.78 is 13.5. The van der Waals surface area contributed by atoms with Crippen molar-refractivity contribution in [3.8, 4) is 0 Å². The molecule has 0 amide bonds. The van der Waals surface area contributed by atoms with Crippen LogP contribution in [0.3, 0.4) is 0 Å². The van der Waals surface area contributed by atoms with Gasteiger partial charge in [-0.25, -0.2) is 4.39 Å². The SMILES string of the molecule is CCSCC(=O)Cc1cccc(F)c1Br. The standard InChI is InChI=1S/C11H12BrFOS/c1-2-15-7-9(14)6-8-4-3-5-10(13)11(8)12/h3-5H,2,6-7H2,1H3. The molecule has 0 unspecified atom stereocenters. The fourth-order valence-electron chi connectivity index (χ4n) is 1.16. The van der Waals surface area contributed by atoms with E-state index in [2.05, 4.69) is 15.9 Å². The summed E-state index contributed by atoms with van der Waals surface area (Å²) in [4.78, 5) is 11.5. The van der Waals surface area contributed by atoms with E-state index in [4.69, 9.17) is 0 Å². The molecule has 1 nitrogen and oxygen atoms in total. The van der Waals surface area contributed by atoms with Gasteiger partial charge in [-0.15, -0.1) is 0 Å². The average Bonchev–Trinajstić information content (AvgIpc) is 2.22. The Bertz CT molecular complexity index is 354. The van der Waals surface area contributed by atoms with Crippen LogP contribution in [-0.4, -0.2) is 17.3 Å². The van der Waals surface area contributed by atoms with Gasteiger partial charge >= 0.3 is 0 Å². The van der Waals surface area contributed by atoms with E-state index < -0.39 is 0 Å². The molecule has 0 aliphatic carbocycles. The predicted octanol–water partition coefficient (Wildman–Crippen LogP) is 3.45. The third-order valence-electron chi connectivity index (χ3n) is 1.89. The maximum atomic E-state index is 13.1. The Labute approximate surface area is 102 Å². The highest BCUT2D eigenvalue weighted by Gasteiger charge is 2.09. The van der Waals surface area contributed by atoms with Crippen LogP contribution in [0, 0.1) is 5.82 Å². The number of rotatable bonds is 5. The van der Waals surface area contributed by atoms with Crippen LogP contribution in [0.15, 0.2) is 22.7 Å². The van der Waals surface area contributed by atoms with E-state index >= 15 is 0 Å². The van der Waals surface area contributed by atoms with E-state index in [1.165, 1.54) is 6.07 Å². The molecule has 0 radical (unpaired) electrons. The smallest absolute Gasteiger partial charge is 0.147 e. The Morgan fingerprint density at radius 3 is 2.93 bits per heavy atom. The highest BCUT2D eigenvalue weighted by molar-refractivity contribution is 9.10. The minimum absolute atomic E-state index is 0.133. The lowest BCUT2D eigenvalue weighted by Gasteiger charge is -2.04. The van der Waals surface area contributed by atoms with E-state index in [9.17, 15) is 9.18 Å². The van der Waals surface area contributed by atoms with E-state index in [0.717, 1.165) is 11.3 Å². The molecule has 1 aromatic carbocycles. The zero-order valence-corrected chi connectivity index (χ0v) is 10.8. The summed E-state index contributed by atoms with van der Waals surface area (Å²) in [5.41, 5.74) is 0.719. The third kappa shape index (κ3) is 3.95. The Morgan fingerprint density at radius 2 is 2.27 bits per heavy atom. The van der Waals surface area contributed by atoms with Crippen LogP contribution in [0.2, 0.25) is 0 Å². The van der Waals surface area contributed by atoms with Crippen molar-refractivity contribution in [1.82, 2.24) is 0 Å². The number of halogens is 2. The Kier molecular flexibility index (Phi) is 5.32. The van der Waals surface area contributed by atoms with Gasteiger partial charge in [0.1, 0.15) is 11.6 Å². The first-order valence-electron chi connectivity index (χ1n) is 4.67. The van der Waals surface area contributed by atoms with Crippen molar-refractivity contribution in [3.63, 3.8) is 0 Å². The number of carbonyl (C=O) groups is 1. The fraction of sp³-hybridized carbons (Fsp3) is 0.364. The van der Waals surface area contributed by atoms with E-state index in [1.807, 2.05) is 6.92 Å². The molecule has 0 aliphatic rings. The van der Waals surface area contributed by atoms with Crippen molar-refractivity contribution in [2.75, 3.05) is 11.5 Å². The van der Waals surface area contributed by atoms with Gasteiger partial charge in [0.2, 0.25) is 0 Å². The number of hydrogen-bond donors (Lipinski definition) is 0. The van der Waals surface area contributed by atoms with E-state index in [1.54, 1.807) is 23.9 Å². The molecule has 0 heterocycles. The van der Waals surface area contributed by atoms with Gasteiger partial charge in [-0.05, 0) is 33.3 Å². The van der Waals surface area contributed by atoms with Crippen LogP contribution in [0.5, 0.6) is 0 Å². The van der Waals surface area contributed by atoms with Crippen LogP contribution in [0.4, 0.5) is 4.39 Å². The summed E-state index contributed by atoms with van der Waals surface area (Å²) >= 11 is 4.73. The lowest BCUT2D eigenvalue weighted by molar-refractivity contribution is -0.116. The highest BCUT2D eigenvalue weighted by Crippen LogP contribution is 2.21. The second-order valence-corrected chi connectivity index (χ2v) is 5.13. The Morgan fingerprint density at radius 1 is 1.53 bits per heavy atom. The number of Topliss-reactive ketones (excluding diaryl/α,β-unsaturated/α-hetero) is 1. The Hall–Kier alpha value is -0.350. The highest BCUT2D eigenvalue weighted by atomic mass is 79.9. The molecule has 4 heteroatoms. The largest absolute Gasteiger partial charge is 0.298 e. The fourth-order valence-corrected chi connectivity index (χ4v) is 2.10. The maximum Gasteiger partial charge on any atom is 0.147 e. The number of carbonyl (C=O) groups excluding carboxylic acids is 1. The van der Waals surface area contributed by atoms with Gasteiger partial charge in [-0.3, -0.25) is 4.79 Å². The van der Waals surface area contributed by atoms with Gasteiger partial charge < -0.3 is 0 Å². The Balaban J connectivity index is 2.64. The van der Waals surface area contributed by atoms with Crippen LogP contribution in [0.25, 0.3) is 0 Å². The molecule has 1 aromatic rings. The second kappa shape index (κ2) is 6.28. The lowest BCUT2D eigenvalue weighted by atomic mass is 10.1. The monoisotopic (exact) mass is 290 g/mol. The number of hydrogen-bond acceptors (Lipinski definition) is 2. The van der Waals surface area contributed by atoms with Gasteiger partial charge in [-0.2, -0.15) is 11.8 Å². The summed E-state index contributed by atoms with van der Waals surface area (Å²) in [6.45, 7) is 2.01. The molecule has 0 bridgehead atoms. The minimum Gasteiger partial charge on any atom is -0.298 e. The molecule has 82 valence electrons. The van der Waals surface area contributed by atoms with Crippen molar-refractivity contribution in [3.05, 3.63) is 34.1 Å². The average molecular weight is 291 g/mol. The summed E-state index contributed by atoms with van der Waals surface area (Å²) in [6, 6.07) is 4.76. The third-order valence-corrected chi connectivity index (χ3v) is 3.71. The van der Waals surface area contributed by atoms with Crippen LogP contribution in [-0.2, 0) is 11.2 Å². The zero-order valence-electron chi connectivity index (χ0n) is 8.43. The second-order valence-electron chi connectivity index (χ2n) is 3.07. The molecule has 1 rings (SSSR count). The van der Waals surface area contributed by atoms with E-state index in [-0.39, 0.29) is 11.6 Å². The van der Waals surface area contributed by atoms with E-state index in [0.29, 0.717) is 16.6 Å². The van der Waals surface area contributed by atoms with Crippen molar-refractivity contribution in [2.24, 2.45) is 0 Å². The molecule has 0 fully saturated rings. The first-order chi connectivity index (χ1) is 7.15. The van der Waals surface area contributed by atoms with Gasteiger partial charge in [0, 0.05) is 6.42 Å². The van der Waals surface area contributed by atoms with Gasteiger partial charge in [0.15, 0.2) is 0 Å². The minimum atomic E-state index is -0.316. The molecule has 0 saturated carbocycles. The summed E-state index contributed by atoms with van der Waals surface area (Å²) in [6.07, 6.45) is 0.297. The summed E-state index contributed by atoms with van der Waals surface area (Å²) in [7, 11) is 0. The summed E-state index contributed by atoms with van der Waals surface area (Å²) in [5.74, 6) is 1.24. The van der Waals surface area contributed by atoms with Crippen LogP contribution >= 0.6 is 27.7 Å². The molecule has 0 atom stereocenters.